The van der Waals surface area contributed by atoms with Gasteiger partial charge in [0.2, 0.25) is 0 Å². The van der Waals surface area contributed by atoms with Gasteiger partial charge in [-0.2, -0.15) is 11.8 Å². The van der Waals surface area contributed by atoms with Crippen LogP contribution in [0.1, 0.15) is 30.1 Å². The van der Waals surface area contributed by atoms with Crippen molar-refractivity contribution in [1.82, 2.24) is 5.32 Å². The zero-order valence-electron chi connectivity index (χ0n) is 11.6. The normalized spacial score (nSPS) is 21.0. The van der Waals surface area contributed by atoms with Crippen LogP contribution in [-0.4, -0.2) is 34.2 Å². The molecule has 114 valence electrons. The number of benzene rings is 1. The average Bonchev–Trinajstić information content (AvgIpc) is 2.86. The molecule has 0 saturated carbocycles. The van der Waals surface area contributed by atoms with Gasteiger partial charge in [-0.1, -0.05) is 0 Å². The minimum absolute atomic E-state index is 0.100. The summed E-state index contributed by atoms with van der Waals surface area (Å²) in [5.74, 6) is 0.0925. The monoisotopic (exact) mass is 372 g/mol. The lowest BCUT2D eigenvalue weighted by atomic mass is 10.1. The predicted molar refractivity (Wildman–Crippen MR) is 88.2 cm³/mol. The molecule has 1 aromatic carbocycles. The summed E-state index contributed by atoms with van der Waals surface area (Å²) in [5, 5.41) is 14.6. The number of hydrogen-bond donors (Lipinski definition) is 3. The van der Waals surface area contributed by atoms with Crippen LogP contribution < -0.4 is 10.6 Å². The molecule has 5 nitrogen and oxygen atoms in total. The molecule has 0 bridgehead atoms. The Balaban J connectivity index is 1.93. The second-order valence-electron chi connectivity index (χ2n) is 5.21. The molecule has 21 heavy (non-hydrogen) atoms. The van der Waals surface area contributed by atoms with E-state index in [0.29, 0.717) is 16.7 Å². The Kier molecular flexibility index (Phi) is 5.16. The molecule has 3 N–H and O–H groups in total. The molecular formula is C14H17BrN2O3S. The van der Waals surface area contributed by atoms with Crippen LogP contribution in [0.2, 0.25) is 0 Å². The standard InChI is InChI=1S/C14H17BrN2O3S/c1-14(5-2-6-21-14)8-16-13(20)17-9-3-4-11(15)10(7-9)12(18)19/h3-4,7H,2,5-6,8H2,1H3,(H,18,19)(H2,16,17,20). The highest BCUT2D eigenvalue weighted by atomic mass is 79.9. The summed E-state index contributed by atoms with van der Waals surface area (Å²) in [5.41, 5.74) is 0.573. The summed E-state index contributed by atoms with van der Waals surface area (Å²) >= 11 is 5.04. The van der Waals surface area contributed by atoms with E-state index in [9.17, 15) is 9.59 Å². The molecule has 1 unspecified atom stereocenters. The summed E-state index contributed by atoms with van der Waals surface area (Å²) in [4.78, 5) is 22.9. The first-order valence-corrected chi connectivity index (χ1v) is 8.39. The average molecular weight is 373 g/mol. The van der Waals surface area contributed by atoms with Crippen molar-refractivity contribution in [2.75, 3.05) is 17.6 Å². The Morgan fingerprint density at radius 3 is 2.86 bits per heavy atom. The molecule has 2 amide bonds. The Morgan fingerprint density at radius 1 is 1.48 bits per heavy atom. The number of hydrogen-bond acceptors (Lipinski definition) is 3. The lowest BCUT2D eigenvalue weighted by Crippen LogP contribution is -2.39. The smallest absolute Gasteiger partial charge is 0.336 e. The van der Waals surface area contributed by atoms with Gasteiger partial charge in [-0.15, -0.1) is 0 Å². The van der Waals surface area contributed by atoms with Gasteiger partial charge in [-0.05, 0) is 59.6 Å². The number of anilines is 1. The SMILES string of the molecule is CC1(CNC(=O)Nc2ccc(Br)c(C(=O)O)c2)CCCS1. The molecule has 0 aliphatic carbocycles. The number of rotatable bonds is 4. The Hall–Kier alpha value is -1.21. The van der Waals surface area contributed by atoms with E-state index >= 15 is 0 Å². The van der Waals surface area contributed by atoms with E-state index in [4.69, 9.17) is 5.11 Å². The minimum Gasteiger partial charge on any atom is -0.478 e. The van der Waals surface area contributed by atoms with Crippen molar-refractivity contribution in [2.24, 2.45) is 0 Å². The molecule has 1 aromatic rings. The Morgan fingerprint density at radius 2 is 2.24 bits per heavy atom. The van der Waals surface area contributed by atoms with E-state index in [1.54, 1.807) is 12.1 Å². The van der Waals surface area contributed by atoms with Crippen LogP contribution in [0.4, 0.5) is 10.5 Å². The van der Waals surface area contributed by atoms with E-state index in [2.05, 4.69) is 33.5 Å². The highest BCUT2D eigenvalue weighted by molar-refractivity contribution is 9.10. The number of nitrogens with one attached hydrogen (secondary N) is 2. The summed E-state index contributed by atoms with van der Waals surface area (Å²) in [7, 11) is 0. The van der Waals surface area contributed by atoms with Crippen molar-refractivity contribution in [2.45, 2.75) is 24.5 Å². The van der Waals surface area contributed by atoms with Crippen molar-refractivity contribution >= 4 is 45.4 Å². The molecule has 0 spiro atoms. The first-order chi connectivity index (χ1) is 9.89. The Labute approximate surface area is 136 Å². The number of carboxylic acid groups (broad SMARTS) is 1. The van der Waals surface area contributed by atoms with Gasteiger partial charge in [0.05, 0.1) is 5.56 Å². The van der Waals surface area contributed by atoms with Gasteiger partial charge in [0.15, 0.2) is 0 Å². The van der Waals surface area contributed by atoms with E-state index in [1.165, 1.54) is 12.5 Å². The summed E-state index contributed by atoms with van der Waals surface area (Å²) < 4.78 is 0.583. The summed E-state index contributed by atoms with van der Waals surface area (Å²) in [6.07, 6.45) is 2.28. The second-order valence-corrected chi connectivity index (χ2v) is 7.75. The van der Waals surface area contributed by atoms with Crippen LogP contribution in [-0.2, 0) is 0 Å². The van der Waals surface area contributed by atoms with Crippen molar-refractivity contribution in [1.29, 1.82) is 0 Å². The molecule has 0 radical (unpaired) electrons. The van der Waals surface area contributed by atoms with Gasteiger partial charge < -0.3 is 15.7 Å². The van der Waals surface area contributed by atoms with E-state index in [1.807, 2.05) is 11.8 Å². The summed E-state index contributed by atoms with van der Waals surface area (Å²) in [6, 6.07) is 4.37. The fraction of sp³-hybridized carbons (Fsp3) is 0.429. The number of carbonyl (C=O) groups is 2. The van der Waals surface area contributed by atoms with Gasteiger partial charge >= 0.3 is 12.0 Å². The van der Waals surface area contributed by atoms with Gasteiger partial charge in [0, 0.05) is 21.5 Å². The van der Waals surface area contributed by atoms with E-state index in [0.717, 1.165) is 12.2 Å². The molecule has 1 fully saturated rings. The molecule has 1 heterocycles. The fourth-order valence-corrected chi connectivity index (χ4v) is 3.85. The number of carbonyl (C=O) groups excluding carboxylic acids is 1. The molecule has 1 aliphatic heterocycles. The molecule has 7 heteroatoms. The first kappa shape index (κ1) is 16.2. The highest BCUT2D eigenvalue weighted by Crippen LogP contribution is 2.36. The van der Waals surface area contributed by atoms with Crippen molar-refractivity contribution in [3.63, 3.8) is 0 Å². The Bertz CT molecular complexity index is 559. The number of halogens is 1. The van der Waals surface area contributed by atoms with Crippen LogP contribution in [0, 0.1) is 0 Å². The fourth-order valence-electron chi connectivity index (χ4n) is 2.19. The highest BCUT2D eigenvalue weighted by Gasteiger charge is 2.29. The number of amides is 2. The van der Waals surface area contributed by atoms with Gasteiger partial charge in [0.1, 0.15) is 0 Å². The van der Waals surface area contributed by atoms with Crippen LogP contribution in [0.15, 0.2) is 22.7 Å². The van der Waals surface area contributed by atoms with E-state index < -0.39 is 5.97 Å². The number of carboxylic acids is 1. The van der Waals surface area contributed by atoms with Crippen molar-refractivity contribution in [3.05, 3.63) is 28.2 Å². The van der Waals surface area contributed by atoms with Gasteiger partial charge in [0.25, 0.3) is 0 Å². The lowest BCUT2D eigenvalue weighted by molar-refractivity contribution is 0.0696. The van der Waals surface area contributed by atoms with Gasteiger partial charge in [-0.3, -0.25) is 0 Å². The number of urea groups is 1. The molecule has 1 aliphatic rings. The molecular weight excluding hydrogens is 356 g/mol. The quantitative estimate of drug-likeness (QED) is 0.754. The van der Waals surface area contributed by atoms with Crippen LogP contribution in [0.3, 0.4) is 0 Å². The van der Waals surface area contributed by atoms with Crippen LogP contribution in [0.5, 0.6) is 0 Å². The predicted octanol–water partition coefficient (Wildman–Crippen LogP) is 3.55. The molecule has 0 aromatic heterocycles. The van der Waals surface area contributed by atoms with Crippen molar-refractivity contribution < 1.29 is 14.7 Å². The number of thioether (sulfide) groups is 1. The van der Waals surface area contributed by atoms with Crippen LogP contribution >= 0.6 is 27.7 Å². The minimum atomic E-state index is -1.04. The topological polar surface area (TPSA) is 78.4 Å². The lowest BCUT2D eigenvalue weighted by Gasteiger charge is -2.22. The number of aromatic carboxylic acids is 1. The molecule has 1 saturated heterocycles. The maximum atomic E-state index is 11.9. The zero-order valence-corrected chi connectivity index (χ0v) is 14.0. The third-order valence-electron chi connectivity index (χ3n) is 3.38. The van der Waals surface area contributed by atoms with Crippen molar-refractivity contribution in [3.8, 4) is 0 Å². The first-order valence-electron chi connectivity index (χ1n) is 6.61. The second kappa shape index (κ2) is 6.70. The summed E-state index contributed by atoms with van der Waals surface area (Å²) in [6.45, 7) is 2.75. The molecule has 1 atom stereocenters. The zero-order chi connectivity index (χ0) is 15.5. The molecule has 2 rings (SSSR count). The third kappa shape index (κ3) is 4.38. The largest absolute Gasteiger partial charge is 0.478 e. The van der Waals surface area contributed by atoms with E-state index in [-0.39, 0.29) is 16.3 Å². The van der Waals surface area contributed by atoms with Gasteiger partial charge in [-0.25, -0.2) is 9.59 Å². The maximum absolute atomic E-state index is 11.9. The van der Waals surface area contributed by atoms with Crippen LogP contribution in [0.25, 0.3) is 0 Å². The third-order valence-corrected chi connectivity index (χ3v) is 5.61. The maximum Gasteiger partial charge on any atom is 0.336 e.